The van der Waals surface area contributed by atoms with E-state index in [1.54, 1.807) is 0 Å². The lowest BCUT2D eigenvalue weighted by Crippen LogP contribution is -2.28. The summed E-state index contributed by atoms with van der Waals surface area (Å²) in [5.74, 6) is 0. The molecule has 0 N–H and O–H groups in total. The second-order valence-corrected chi connectivity index (χ2v) is 18.7. The Morgan fingerprint density at radius 1 is 0.373 bits per heavy atom. The molecule has 0 saturated carbocycles. The Balaban J connectivity index is 1.15. The summed E-state index contributed by atoms with van der Waals surface area (Å²) in [5, 5.41) is 4.39. The zero-order valence-corrected chi connectivity index (χ0v) is 37.1. The van der Waals surface area contributed by atoms with E-state index in [-0.39, 0.29) is 5.41 Å². The SMILES string of the molecule is CC1(C)c2ccccc2-c2ccc(N(c3ccc(-c4ccccc4)cc3)c3cc4c(c5c3oc3ccccc35)-c3c(ccc5oc6ccccc6c35)C4(c3ccccc3)c3ccccc3)cc21. The van der Waals surface area contributed by atoms with Crippen LogP contribution in [0.5, 0.6) is 0 Å². The van der Waals surface area contributed by atoms with Crippen molar-refractivity contribution in [2.24, 2.45) is 0 Å². The maximum atomic E-state index is 7.32. The molecule has 3 nitrogen and oxygen atoms in total. The lowest BCUT2D eigenvalue weighted by atomic mass is 9.67. The van der Waals surface area contributed by atoms with E-state index < -0.39 is 5.41 Å². The van der Waals surface area contributed by atoms with Gasteiger partial charge >= 0.3 is 0 Å². The first-order chi connectivity index (χ1) is 33.0. The number of rotatable bonds is 6. The predicted molar refractivity (Wildman–Crippen MR) is 276 cm³/mol. The third kappa shape index (κ3) is 5.23. The number of fused-ring (bicyclic) bond motifs is 14. The van der Waals surface area contributed by atoms with Crippen molar-refractivity contribution < 1.29 is 8.83 Å². The van der Waals surface area contributed by atoms with Gasteiger partial charge < -0.3 is 13.7 Å². The Kier molecular flexibility index (Phi) is 7.95. The van der Waals surface area contributed by atoms with E-state index >= 15 is 0 Å². The molecule has 0 bridgehead atoms. The second-order valence-electron chi connectivity index (χ2n) is 18.7. The number of anilines is 3. The minimum Gasteiger partial charge on any atom is -0.456 e. The largest absolute Gasteiger partial charge is 0.456 e. The minimum absolute atomic E-state index is 0.201. The molecule has 2 heterocycles. The molecule has 67 heavy (non-hydrogen) atoms. The zero-order valence-electron chi connectivity index (χ0n) is 37.1. The third-order valence-electron chi connectivity index (χ3n) is 14.9. The maximum Gasteiger partial charge on any atom is 0.160 e. The molecule has 0 atom stereocenters. The van der Waals surface area contributed by atoms with Gasteiger partial charge in [0.2, 0.25) is 0 Å². The van der Waals surface area contributed by atoms with E-state index in [0.717, 1.165) is 66.5 Å². The highest BCUT2D eigenvalue weighted by molar-refractivity contribution is 6.25. The van der Waals surface area contributed by atoms with Gasteiger partial charge in [0.25, 0.3) is 0 Å². The van der Waals surface area contributed by atoms with Gasteiger partial charge in [0.05, 0.1) is 11.1 Å². The molecule has 14 rings (SSSR count). The van der Waals surface area contributed by atoms with Gasteiger partial charge in [0.15, 0.2) is 5.58 Å². The molecule has 316 valence electrons. The van der Waals surface area contributed by atoms with Crippen molar-refractivity contribution in [3.63, 3.8) is 0 Å². The number of para-hydroxylation sites is 2. The summed E-state index contributed by atoms with van der Waals surface area (Å²) < 4.78 is 14.0. The van der Waals surface area contributed by atoms with E-state index in [2.05, 4.69) is 243 Å². The molecule has 2 aliphatic carbocycles. The van der Waals surface area contributed by atoms with Crippen molar-refractivity contribution in [3.8, 4) is 33.4 Å². The molecule has 3 heteroatoms. The first-order valence-corrected chi connectivity index (χ1v) is 23.2. The number of nitrogens with zero attached hydrogens (tertiary/aromatic N) is 1. The van der Waals surface area contributed by atoms with Gasteiger partial charge in [-0.15, -0.1) is 0 Å². The average Bonchev–Trinajstić information content (AvgIpc) is 4.11. The molecule has 0 unspecified atom stereocenters. The van der Waals surface area contributed by atoms with Crippen LogP contribution >= 0.6 is 0 Å². The fourth-order valence-corrected chi connectivity index (χ4v) is 12.0. The number of benzene rings is 10. The lowest BCUT2D eigenvalue weighted by molar-refractivity contribution is 0.660. The number of hydrogen-bond acceptors (Lipinski definition) is 3. The summed E-state index contributed by atoms with van der Waals surface area (Å²) >= 11 is 0. The smallest absolute Gasteiger partial charge is 0.160 e. The van der Waals surface area contributed by atoms with Crippen LogP contribution in [-0.4, -0.2) is 0 Å². The fourth-order valence-electron chi connectivity index (χ4n) is 12.0. The average molecular weight is 858 g/mol. The molecule has 0 radical (unpaired) electrons. The summed E-state index contributed by atoms with van der Waals surface area (Å²) in [4.78, 5) is 2.45. The summed E-state index contributed by atoms with van der Waals surface area (Å²) in [6, 6.07) is 81.9. The van der Waals surface area contributed by atoms with Crippen LogP contribution in [0.25, 0.3) is 77.3 Å². The van der Waals surface area contributed by atoms with Gasteiger partial charge in [-0.25, -0.2) is 0 Å². The second kappa shape index (κ2) is 14.1. The van der Waals surface area contributed by atoms with Crippen LogP contribution in [0.4, 0.5) is 17.1 Å². The minimum atomic E-state index is -0.717. The zero-order chi connectivity index (χ0) is 44.4. The van der Waals surface area contributed by atoms with Gasteiger partial charge in [0.1, 0.15) is 16.7 Å². The predicted octanol–water partition coefficient (Wildman–Crippen LogP) is 17.3. The van der Waals surface area contributed by atoms with Crippen molar-refractivity contribution in [2.45, 2.75) is 24.7 Å². The lowest BCUT2D eigenvalue weighted by Gasteiger charge is -2.35. The quantitative estimate of drug-likeness (QED) is 0.167. The van der Waals surface area contributed by atoms with Gasteiger partial charge in [-0.05, 0) is 115 Å². The summed E-state index contributed by atoms with van der Waals surface area (Å²) in [6.07, 6.45) is 0. The molecular weight excluding hydrogens is 815 g/mol. The first-order valence-electron chi connectivity index (χ1n) is 23.2. The van der Waals surface area contributed by atoms with Crippen LogP contribution in [0.15, 0.2) is 233 Å². The Labute approximate surface area is 388 Å². The van der Waals surface area contributed by atoms with Gasteiger partial charge in [-0.2, -0.15) is 0 Å². The van der Waals surface area contributed by atoms with E-state index in [9.17, 15) is 0 Å². The van der Waals surface area contributed by atoms with E-state index in [4.69, 9.17) is 8.83 Å². The Hall–Kier alpha value is -8.40. The van der Waals surface area contributed by atoms with Crippen molar-refractivity contribution in [1.82, 2.24) is 0 Å². The van der Waals surface area contributed by atoms with Crippen LogP contribution < -0.4 is 4.90 Å². The molecule has 0 amide bonds. The fraction of sp³-hybridized carbons (Fsp3) is 0.0625. The summed E-state index contributed by atoms with van der Waals surface area (Å²) in [7, 11) is 0. The molecule has 0 spiro atoms. The topological polar surface area (TPSA) is 29.5 Å². The third-order valence-corrected chi connectivity index (χ3v) is 14.9. The van der Waals surface area contributed by atoms with Crippen molar-refractivity contribution >= 4 is 60.9 Å². The monoisotopic (exact) mass is 857 g/mol. The molecule has 2 aromatic heterocycles. The highest BCUT2D eigenvalue weighted by Gasteiger charge is 2.49. The van der Waals surface area contributed by atoms with Crippen LogP contribution in [0.2, 0.25) is 0 Å². The number of furan rings is 2. The van der Waals surface area contributed by atoms with Gasteiger partial charge in [-0.3, -0.25) is 0 Å². The van der Waals surface area contributed by atoms with Crippen LogP contribution in [0.3, 0.4) is 0 Å². The number of hydrogen-bond donors (Lipinski definition) is 0. The molecule has 2 aliphatic rings. The molecule has 10 aromatic carbocycles. The Morgan fingerprint density at radius 2 is 0.925 bits per heavy atom. The van der Waals surface area contributed by atoms with E-state index in [1.165, 1.54) is 61.2 Å². The highest BCUT2D eigenvalue weighted by atomic mass is 16.3. The van der Waals surface area contributed by atoms with Gasteiger partial charge in [0, 0.05) is 38.3 Å². The molecule has 0 aliphatic heterocycles. The maximum absolute atomic E-state index is 7.32. The highest BCUT2D eigenvalue weighted by Crippen LogP contribution is 2.63. The van der Waals surface area contributed by atoms with Crippen LogP contribution in [0, 0.1) is 0 Å². The summed E-state index contributed by atoms with van der Waals surface area (Å²) in [6.45, 7) is 4.72. The molecule has 0 saturated heterocycles. The Morgan fingerprint density at radius 3 is 1.64 bits per heavy atom. The van der Waals surface area contributed by atoms with Crippen LogP contribution in [0.1, 0.15) is 47.2 Å². The normalized spacial score (nSPS) is 14.1. The van der Waals surface area contributed by atoms with Crippen molar-refractivity contribution in [2.75, 3.05) is 4.90 Å². The first kappa shape index (κ1) is 37.9. The van der Waals surface area contributed by atoms with Gasteiger partial charge in [-0.1, -0.05) is 190 Å². The van der Waals surface area contributed by atoms with Crippen LogP contribution in [-0.2, 0) is 10.8 Å². The summed E-state index contributed by atoms with van der Waals surface area (Å²) in [5.41, 5.74) is 20.4. The standard InChI is InChI=1S/C64H43NO2/c1-63(2)50-27-15-12-24-46(50)47-35-34-45(38-52(47)63)65(44-32-30-41(31-33-44)40-18-6-3-7-19-40)54-39-53-61(59-49-26-14-17-29-56(49)67-62(54)59)60-51(36-37-57-58(60)48-25-13-16-28-55(48)66-57)64(53,42-20-8-4-9-21-42)43-22-10-5-11-23-43/h3-39H,1-2H3. The van der Waals surface area contributed by atoms with Crippen molar-refractivity contribution in [3.05, 3.63) is 258 Å². The molecular formula is C64H43NO2. The van der Waals surface area contributed by atoms with Crippen molar-refractivity contribution in [1.29, 1.82) is 0 Å². The Bertz CT molecular complexity index is 3890. The van der Waals surface area contributed by atoms with E-state index in [0.29, 0.717) is 0 Å². The van der Waals surface area contributed by atoms with E-state index in [1.807, 2.05) is 0 Å². The molecule has 0 fully saturated rings. The molecule has 12 aromatic rings.